The number of hydrogen-bond donors (Lipinski definition) is 2. The highest BCUT2D eigenvalue weighted by Gasteiger charge is 2.24. The molecule has 0 saturated carbocycles. The van der Waals surface area contributed by atoms with E-state index in [2.05, 4.69) is 20.2 Å². The van der Waals surface area contributed by atoms with Crippen LogP contribution in [0.5, 0.6) is 0 Å². The summed E-state index contributed by atoms with van der Waals surface area (Å²) in [5.74, 6) is 1.87. The Labute approximate surface area is 96.1 Å². The van der Waals surface area contributed by atoms with Crippen LogP contribution >= 0.6 is 0 Å². The summed E-state index contributed by atoms with van der Waals surface area (Å²) in [5, 5.41) is 3.04. The molecule has 2 heterocycles. The van der Waals surface area contributed by atoms with Crippen LogP contribution in [0.3, 0.4) is 0 Å². The normalized spacial score (nSPS) is 20.1. The first-order chi connectivity index (χ1) is 7.85. The highest BCUT2D eigenvalue weighted by Crippen LogP contribution is 2.26. The van der Waals surface area contributed by atoms with Crippen molar-refractivity contribution in [3.05, 3.63) is 12.4 Å². The van der Waals surface area contributed by atoms with Gasteiger partial charge in [-0.1, -0.05) is 0 Å². The maximum atomic E-state index is 5.63. The molecular formula is C11H19N5. The molecule has 0 bridgehead atoms. The smallest absolute Gasteiger partial charge is 0.134 e. The first kappa shape index (κ1) is 11.1. The summed E-state index contributed by atoms with van der Waals surface area (Å²) < 4.78 is 0. The Morgan fingerprint density at radius 1 is 1.56 bits per heavy atom. The Kier molecular flexibility index (Phi) is 3.56. The molecule has 0 amide bonds. The molecule has 0 spiro atoms. The monoisotopic (exact) mass is 221 g/mol. The molecule has 16 heavy (non-hydrogen) atoms. The third-order valence-corrected chi connectivity index (χ3v) is 3.08. The summed E-state index contributed by atoms with van der Waals surface area (Å²) in [6, 6.07) is 2.54. The molecule has 1 fully saturated rings. The standard InChI is InChI=1S/C11H19N5/c1-13-10-7-11(15-8-14-10)16-6-2-3-9(16)4-5-12/h7-9H,2-6,12H2,1H3,(H,13,14,15). The van der Waals surface area contributed by atoms with Crippen LogP contribution in [0.15, 0.2) is 12.4 Å². The van der Waals surface area contributed by atoms with Crippen LogP contribution in [0.25, 0.3) is 0 Å². The van der Waals surface area contributed by atoms with Crippen LogP contribution in [-0.4, -0.2) is 36.1 Å². The summed E-state index contributed by atoms with van der Waals surface area (Å²) in [6.07, 6.45) is 5.09. The van der Waals surface area contributed by atoms with Gasteiger partial charge in [-0.05, 0) is 25.8 Å². The summed E-state index contributed by atoms with van der Waals surface area (Å²) in [7, 11) is 1.87. The highest BCUT2D eigenvalue weighted by molar-refractivity contribution is 5.49. The fourth-order valence-electron chi connectivity index (χ4n) is 2.27. The van der Waals surface area contributed by atoms with Crippen molar-refractivity contribution in [1.82, 2.24) is 9.97 Å². The van der Waals surface area contributed by atoms with Crippen molar-refractivity contribution in [1.29, 1.82) is 0 Å². The average Bonchev–Trinajstić information content (AvgIpc) is 2.78. The Balaban J connectivity index is 2.15. The number of nitrogens with zero attached hydrogens (tertiary/aromatic N) is 3. The van der Waals surface area contributed by atoms with E-state index in [0.29, 0.717) is 6.04 Å². The number of aromatic nitrogens is 2. The molecule has 5 nitrogen and oxygen atoms in total. The lowest BCUT2D eigenvalue weighted by Gasteiger charge is -2.25. The average molecular weight is 221 g/mol. The second-order valence-electron chi connectivity index (χ2n) is 4.08. The van der Waals surface area contributed by atoms with Crippen LogP contribution in [0.4, 0.5) is 11.6 Å². The lowest BCUT2D eigenvalue weighted by molar-refractivity contribution is 0.614. The molecule has 1 aliphatic rings. The van der Waals surface area contributed by atoms with Gasteiger partial charge in [-0.3, -0.25) is 0 Å². The van der Waals surface area contributed by atoms with Crippen LogP contribution < -0.4 is 16.0 Å². The van der Waals surface area contributed by atoms with Gasteiger partial charge in [0.15, 0.2) is 0 Å². The molecule has 3 N–H and O–H groups in total. The third-order valence-electron chi connectivity index (χ3n) is 3.08. The van der Waals surface area contributed by atoms with Gasteiger partial charge in [0, 0.05) is 25.7 Å². The zero-order chi connectivity index (χ0) is 11.4. The minimum atomic E-state index is 0.546. The molecule has 0 aromatic carbocycles. The Bertz CT molecular complexity index is 341. The molecule has 88 valence electrons. The van der Waals surface area contributed by atoms with Crippen molar-refractivity contribution >= 4 is 11.6 Å². The third kappa shape index (κ3) is 2.24. The first-order valence-electron chi connectivity index (χ1n) is 5.81. The Morgan fingerprint density at radius 2 is 2.44 bits per heavy atom. The highest BCUT2D eigenvalue weighted by atomic mass is 15.2. The van der Waals surface area contributed by atoms with Crippen molar-refractivity contribution in [2.45, 2.75) is 25.3 Å². The predicted molar refractivity (Wildman–Crippen MR) is 65.6 cm³/mol. The van der Waals surface area contributed by atoms with Crippen LogP contribution in [0.1, 0.15) is 19.3 Å². The van der Waals surface area contributed by atoms with Crippen molar-refractivity contribution < 1.29 is 0 Å². The summed E-state index contributed by atoms with van der Waals surface area (Å²) >= 11 is 0. The molecule has 1 aromatic rings. The summed E-state index contributed by atoms with van der Waals surface area (Å²) in [4.78, 5) is 10.8. The minimum absolute atomic E-state index is 0.546. The van der Waals surface area contributed by atoms with Gasteiger partial charge in [0.25, 0.3) is 0 Å². The van der Waals surface area contributed by atoms with Crippen LogP contribution in [-0.2, 0) is 0 Å². The predicted octanol–water partition coefficient (Wildman–Crippen LogP) is 0.836. The molecule has 1 aromatic heterocycles. The zero-order valence-corrected chi connectivity index (χ0v) is 9.69. The van der Waals surface area contributed by atoms with Crippen LogP contribution in [0, 0.1) is 0 Å². The van der Waals surface area contributed by atoms with Crippen LogP contribution in [0.2, 0.25) is 0 Å². The van der Waals surface area contributed by atoms with Gasteiger partial charge in [0.1, 0.15) is 18.0 Å². The van der Waals surface area contributed by atoms with E-state index in [1.54, 1.807) is 6.33 Å². The summed E-state index contributed by atoms with van der Waals surface area (Å²) in [6.45, 7) is 1.82. The van der Waals surface area contributed by atoms with Crippen molar-refractivity contribution in [2.24, 2.45) is 5.73 Å². The van der Waals surface area contributed by atoms with E-state index in [1.165, 1.54) is 12.8 Å². The van der Waals surface area contributed by atoms with E-state index >= 15 is 0 Å². The van der Waals surface area contributed by atoms with E-state index < -0.39 is 0 Å². The van der Waals surface area contributed by atoms with Gasteiger partial charge < -0.3 is 16.0 Å². The van der Waals surface area contributed by atoms with Crippen molar-refractivity contribution in [3.63, 3.8) is 0 Å². The largest absolute Gasteiger partial charge is 0.373 e. The maximum absolute atomic E-state index is 5.63. The minimum Gasteiger partial charge on any atom is -0.373 e. The molecule has 0 aliphatic carbocycles. The second-order valence-corrected chi connectivity index (χ2v) is 4.08. The van der Waals surface area contributed by atoms with E-state index in [-0.39, 0.29) is 0 Å². The quantitative estimate of drug-likeness (QED) is 0.788. The number of rotatable bonds is 4. The van der Waals surface area contributed by atoms with E-state index in [0.717, 1.165) is 31.1 Å². The lowest BCUT2D eigenvalue weighted by atomic mass is 10.1. The van der Waals surface area contributed by atoms with Gasteiger partial charge in [0.2, 0.25) is 0 Å². The Morgan fingerprint density at radius 3 is 3.19 bits per heavy atom. The van der Waals surface area contributed by atoms with Gasteiger partial charge in [-0.15, -0.1) is 0 Å². The van der Waals surface area contributed by atoms with Gasteiger partial charge in [-0.2, -0.15) is 0 Å². The van der Waals surface area contributed by atoms with E-state index in [4.69, 9.17) is 5.73 Å². The number of nitrogens with one attached hydrogen (secondary N) is 1. The molecule has 1 aliphatic heterocycles. The number of anilines is 2. The fraction of sp³-hybridized carbons (Fsp3) is 0.636. The molecule has 1 unspecified atom stereocenters. The molecule has 0 radical (unpaired) electrons. The van der Waals surface area contributed by atoms with Crippen molar-refractivity contribution in [2.75, 3.05) is 30.4 Å². The molecule has 2 rings (SSSR count). The van der Waals surface area contributed by atoms with Crippen molar-refractivity contribution in [3.8, 4) is 0 Å². The SMILES string of the molecule is CNc1cc(N2CCCC2CCN)ncn1. The molecule has 5 heteroatoms. The van der Waals surface area contributed by atoms with E-state index in [1.807, 2.05) is 13.1 Å². The zero-order valence-electron chi connectivity index (χ0n) is 9.69. The van der Waals surface area contributed by atoms with Gasteiger partial charge >= 0.3 is 0 Å². The molecular weight excluding hydrogens is 202 g/mol. The maximum Gasteiger partial charge on any atom is 0.134 e. The summed E-state index contributed by atoms with van der Waals surface area (Å²) in [5.41, 5.74) is 5.63. The number of hydrogen-bond acceptors (Lipinski definition) is 5. The number of nitrogens with two attached hydrogens (primary N) is 1. The van der Waals surface area contributed by atoms with E-state index in [9.17, 15) is 0 Å². The lowest BCUT2D eigenvalue weighted by Crippen LogP contribution is -2.31. The topological polar surface area (TPSA) is 67.1 Å². The molecule has 1 atom stereocenters. The fourth-order valence-corrected chi connectivity index (χ4v) is 2.27. The second kappa shape index (κ2) is 5.12. The first-order valence-corrected chi connectivity index (χ1v) is 5.81. The van der Waals surface area contributed by atoms with Gasteiger partial charge in [0.05, 0.1) is 0 Å². The molecule has 1 saturated heterocycles. The Hall–Kier alpha value is -1.36. The van der Waals surface area contributed by atoms with Gasteiger partial charge in [-0.25, -0.2) is 9.97 Å².